The molecule has 0 aromatic carbocycles. The SMILES string of the molecule is C/C=C(/F)C(C)(C)OCCCl. The maximum Gasteiger partial charge on any atom is 0.127 e. The van der Waals surface area contributed by atoms with Gasteiger partial charge in [0.25, 0.3) is 0 Å². The molecule has 0 saturated carbocycles. The predicted octanol–water partition coefficient (Wildman–Crippen LogP) is 2.89. The van der Waals surface area contributed by atoms with E-state index in [9.17, 15) is 4.39 Å². The van der Waals surface area contributed by atoms with Crippen molar-refractivity contribution in [3.05, 3.63) is 11.9 Å². The van der Waals surface area contributed by atoms with Gasteiger partial charge in [-0.2, -0.15) is 0 Å². The highest BCUT2D eigenvalue weighted by molar-refractivity contribution is 6.17. The molecule has 0 aromatic heterocycles. The molecule has 11 heavy (non-hydrogen) atoms. The molecule has 0 aliphatic rings. The van der Waals surface area contributed by atoms with E-state index in [2.05, 4.69) is 0 Å². The number of halogens is 2. The van der Waals surface area contributed by atoms with E-state index in [4.69, 9.17) is 16.3 Å². The minimum Gasteiger partial charge on any atom is -0.367 e. The van der Waals surface area contributed by atoms with Crippen LogP contribution in [0.4, 0.5) is 4.39 Å². The minimum absolute atomic E-state index is 0.261. The summed E-state index contributed by atoms with van der Waals surface area (Å²) in [5.41, 5.74) is -0.830. The Morgan fingerprint density at radius 3 is 2.55 bits per heavy atom. The number of allylic oxidation sites excluding steroid dienone is 1. The molecular formula is C8H14ClFO. The first-order valence-corrected chi connectivity index (χ1v) is 4.10. The molecule has 1 nitrogen and oxygen atoms in total. The fourth-order valence-corrected chi connectivity index (χ4v) is 0.787. The van der Waals surface area contributed by atoms with Crippen molar-refractivity contribution >= 4 is 11.6 Å². The Hall–Kier alpha value is -0.0800. The molecule has 0 aliphatic heterocycles. The first-order chi connectivity index (χ1) is 5.04. The number of hydrogen-bond donors (Lipinski definition) is 0. The zero-order valence-electron chi connectivity index (χ0n) is 7.16. The van der Waals surface area contributed by atoms with Gasteiger partial charge >= 0.3 is 0 Å². The summed E-state index contributed by atoms with van der Waals surface area (Å²) < 4.78 is 18.1. The van der Waals surface area contributed by atoms with Gasteiger partial charge in [-0.25, -0.2) is 4.39 Å². The maximum atomic E-state index is 12.9. The van der Waals surface area contributed by atoms with Crippen LogP contribution in [0.1, 0.15) is 20.8 Å². The summed E-state index contributed by atoms with van der Waals surface area (Å²) in [5, 5.41) is 0. The smallest absolute Gasteiger partial charge is 0.127 e. The van der Waals surface area contributed by atoms with Gasteiger partial charge in [0, 0.05) is 5.88 Å². The predicted molar refractivity (Wildman–Crippen MR) is 45.6 cm³/mol. The monoisotopic (exact) mass is 180 g/mol. The van der Waals surface area contributed by atoms with Crippen LogP contribution in [0.2, 0.25) is 0 Å². The Kier molecular flexibility index (Phi) is 4.69. The van der Waals surface area contributed by atoms with E-state index >= 15 is 0 Å². The second-order valence-electron chi connectivity index (χ2n) is 2.68. The molecule has 0 aliphatic carbocycles. The molecule has 0 unspecified atom stereocenters. The van der Waals surface area contributed by atoms with Gasteiger partial charge in [-0.05, 0) is 20.8 Å². The van der Waals surface area contributed by atoms with Crippen molar-refractivity contribution in [2.75, 3.05) is 12.5 Å². The highest BCUT2D eigenvalue weighted by atomic mass is 35.5. The van der Waals surface area contributed by atoms with Crippen LogP contribution in [-0.2, 0) is 4.74 Å². The zero-order chi connectivity index (χ0) is 8.91. The molecule has 0 heterocycles. The Morgan fingerprint density at radius 2 is 2.18 bits per heavy atom. The van der Waals surface area contributed by atoms with Crippen LogP contribution in [0.3, 0.4) is 0 Å². The average molecular weight is 181 g/mol. The lowest BCUT2D eigenvalue weighted by Crippen LogP contribution is -2.26. The van der Waals surface area contributed by atoms with Crippen molar-refractivity contribution in [1.29, 1.82) is 0 Å². The van der Waals surface area contributed by atoms with Gasteiger partial charge in [0.15, 0.2) is 0 Å². The van der Waals surface area contributed by atoms with Crippen LogP contribution >= 0.6 is 11.6 Å². The van der Waals surface area contributed by atoms with Crippen LogP contribution in [0.15, 0.2) is 11.9 Å². The Morgan fingerprint density at radius 1 is 1.64 bits per heavy atom. The lowest BCUT2D eigenvalue weighted by atomic mass is 10.1. The molecule has 0 N–H and O–H groups in total. The van der Waals surface area contributed by atoms with Crippen molar-refractivity contribution in [3.63, 3.8) is 0 Å². The fourth-order valence-electron chi connectivity index (χ4n) is 0.710. The minimum atomic E-state index is -0.830. The summed E-state index contributed by atoms with van der Waals surface area (Å²) in [6.07, 6.45) is 1.40. The zero-order valence-corrected chi connectivity index (χ0v) is 7.91. The Bertz CT molecular complexity index is 143. The van der Waals surface area contributed by atoms with E-state index in [1.165, 1.54) is 6.08 Å². The van der Waals surface area contributed by atoms with Crippen LogP contribution < -0.4 is 0 Å². The summed E-state index contributed by atoms with van der Waals surface area (Å²) in [4.78, 5) is 0. The lowest BCUT2D eigenvalue weighted by molar-refractivity contribution is 0.00416. The first-order valence-electron chi connectivity index (χ1n) is 3.57. The highest BCUT2D eigenvalue weighted by Gasteiger charge is 2.23. The van der Waals surface area contributed by atoms with Gasteiger partial charge in [-0.1, -0.05) is 6.08 Å². The number of ether oxygens (including phenoxy) is 1. The van der Waals surface area contributed by atoms with Crippen molar-refractivity contribution < 1.29 is 9.13 Å². The molecule has 3 heteroatoms. The van der Waals surface area contributed by atoms with Gasteiger partial charge < -0.3 is 4.74 Å². The first kappa shape index (κ1) is 10.9. The van der Waals surface area contributed by atoms with Crippen LogP contribution in [0.5, 0.6) is 0 Å². The van der Waals surface area contributed by atoms with E-state index < -0.39 is 5.60 Å². The van der Waals surface area contributed by atoms with Crippen LogP contribution in [0.25, 0.3) is 0 Å². The molecular weight excluding hydrogens is 167 g/mol. The Labute approximate surface area is 72.2 Å². The highest BCUT2D eigenvalue weighted by Crippen LogP contribution is 2.21. The Balaban J connectivity index is 3.99. The molecule has 0 amide bonds. The fraction of sp³-hybridized carbons (Fsp3) is 0.750. The van der Waals surface area contributed by atoms with Gasteiger partial charge in [0.1, 0.15) is 11.4 Å². The number of alkyl halides is 1. The van der Waals surface area contributed by atoms with Crippen molar-refractivity contribution in [3.8, 4) is 0 Å². The third kappa shape index (κ3) is 3.73. The molecule has 66 valence electrons. The van der Waals surface area contributed by atoms with Gasteiger partial charge in [0.05, 0.1) is 6.61 Å². The van der Waals surface area contributed by atoms with Crippen molar-refractivity contribution in [2.24, 2.45) is 0 Å². The van der Waals surface area contributed by atoms with E-state index in [0.29, 0.717) is 12.5 Å². The summed E-state index contributed by atoms with van der Waals surface area (Å²) >= 11 is 5.39. The summed E-state index contributed by atoms with van der Waals surface area (Å²) in [6.45, 7) is 5.36. The summed E-state index contributed by atoms with van der Waals surface area (Å²) in [7, 11) is 0. The van der Waals surface area contributed by atoms with E-state index in [0.717, 1.165) is 0 Å². The molecule has 0 rings (SSSR count). The quantitative estimate of drug-likeness (QED) is 0.605. The largest absolute Gasteiger partial charge is 0.367 e. The van der Waals surface area contributed by atoms with E-state index in [1.54, 1.807) is 20.8 Å². The van der Waals surface area contributed by atoms with E-state index in [1.807, 2.05) is 0 Å². The molecule has 0 spiro atoms. The second kappa shape index (κ2) is 4.73. The molecule has 0 fully saturated rings. The van der Waals surface area contributed by atoms with Gasteiger partial charge in [-0.3, -0.25) is 0 Å². The normalized spacial score (nSPS) is 13.7. The molecule has 0 saturated heterocycles. The number of hydrogen-bond acceptors (Lipinski definition) is 1. The molecule has 0 bridgehead atoms. The lowest BCUT2D eigenvalue weighted by Gasteiger charge is -2.22. The summed E-state index contributed by atoms with van der Waals surface area (Å²) in [6, 6.07) is 0. The maximum absolute atomic E-state index is 12.9. The van der Waals surface area contributed by atoms with Crippen LogP contribution in [0, 0.1) is 0 Å². The molecule has 0 radical (unpaired) electrons. The summed E-state index contributed by atoms with van der Waals surface area (Å²) in [5.74, 6) is 0.128. The number of rotatable bonds is 4. The van der Waals surface area contributed by atoms with Crippen molar-refractivity contribution in [1.82, 2.24) is 0 Å². The van der Waals surface area contributed by atoms with Gasteiger partial charge in [-0.15, -0.1) is 11.6 Å². The molecule has 0 aromatic rings. The van der Waals surface area contributed by atoms with Crippen LogP contribution in [-0.4, -0.2) is 18.1 Å². The van der Waals surface area contributed by atoms with Crippen molar-refractivity contribution in [2.45, 2.75) is 26.4 Å². The van der Waals surface area contributed by atoms with E-state index in [-0.39, 0.29) is 5.83 Å². The topological polar surface area (TPSA) is 9.23 Å². The molecule has 0 atom stereocenters. The second-order valence-corrected chi connectivity index (χ2v) is 3.06. The van der Waals surface area contributed by atoms with Gasteiger partial charge in [0.2, 0.25) is 0 Å². The average Bonchev–Trinajstić information content (AvgIpc) is 1.99. The third-order valence-corrected chi connectivity index (χ3v) is 1.52. The third-order valence-electron chi connectivity index (χ3n) is 1.37. The standard InChI is InChI=1S/C8H14ClFO/c1-4-7(10)8(2,3)11-6-5-9/h4H,5-6H2,1-3H3/b7-4+.